The first-order valence-electron chi connectivity index (χ1n) is 6.89. The van der Waals surface area contributed by atoms with E-state index in [0.29, 0.717) is 24.6 Å². The third kappa shape index (κ3) is 3.10. The molecule has 0 heterocycles. The van der Waals surface area contributed by atoms with Crippen LogP contribution in [0, 0.1) is 0 Å². The van der Waals surface area contributed by atoms with Gasteiger partial charge in [-0.05, 0) is 37.9 Å². The molecule has 110 valence electrons. The van der Waals surface area contributed by atoms with E-state index >= 15 is 0 Å². The fraction of sp³-hybridized carbons (Fsp3) is 0.533. The minimum Gasteiger partial charge on any atom is -0.496 e. The molecule has 20 heavy (non-hydrogen) atoms. The molecule has 1 aliphatic rings. The van der Waals surface area contributed by atoms with Gasteiger partial charge in [0.1, 0.15) is 11.3 Å². The smallest absolute Gasteiger partial charge is 0.323 e. The summed E-state index contributed by atoms with van der Waals surface area (Å²) in [5.41, 5.74) is -0.756. The van der Waals surface area contributed by atoms with Crippen LogP contribution < -0.4 is 10.1 Å². The standard InChI is InChI=1S/C15H21NO3S/c1-3-16-15(14(17)18)9-8-11(10-15)20-13-7-5-4-6-12(13)19-2/h4-7,11,16H,3,8-10H2,1-2H3,(H,17,18). The second-order valence-electron chi connectivity index (χ2n) is 5.05. The molecule has 2 unspecified atom stereocenters. The summed E-state index contributed by atoms with van der Waals surface area (Å²) in [5.74, 6) is 0.122. The number of rotatable bonds is 6. The monoisotopic (exact) mass is 295 g/mol. The summed E-state index contributed by atoms with van der Waals surface area (Å²) in [6, 6.07) is 7.88. The van der Waals surface area contributed by atoms with E-state index in [1.54, 1.807) is 18.9 Å². The number of ether oxygens (including phenoxy) is 1. The number of methoxy groups -OCH3 is 1. The van der Waals surface area contributed by atoms with Crippen molar-refractivity contribution < 1.29 is 14.6 Å². The molecule has 0 aromatic heterocycles. The molecule has 2 rings (SSSR count). The lowest BCUT2D eigenvalue weighted by molar-refractivity contribution is -0.144. The fourth-order valence-corrected chi connectivity index (χ4v) is 4.15. The molecule has 1 aliphatic carbocycles. The number of thioether (sulfide) groups is 1. The molecule has 2 N–H and O–H groups in total. The van der Waals surface area contributed by atoms with Gasteiger partial charge in [-0.3, -0.25) is 4.79 Å². The van der Waals surface area contributed by atoms with Crippen molar-refractivity contribution in [3.63, 3.8) is 0 Å². The van der Waals surface area contributed by atoms with Crippen LogP contribution in [0.4, 0.5) is 0 Å². The number of aliphatic carboxylic acids is 1. The van der Waals surface area contributed by atoms with Gasteiger partial charge in [-0.25, -0.2) is 0 Å². The number of hydrogen-bond donors (Lipinski definition) is 2. The molecule has 4 nitrogen and oxygen atoms in total. The molecule has 2 atom stereocenters. The second-order valence-corrected chi connectivity index (χ2v) is 6.39. The van der Waals surface area contributed by atoms with E-state index in [4.69, 9.17) is 4.74 Å². The Kier molecular flexibility index (Phi) is 4.94. The highest BCUT2D eigenvalue weighted by Gasteiger charge is 2.45. The van der Waals surface area contributed by atoms with E-state index < -0.39 is 11.5 Å². The Morgan fingerprint density at radius 3 is 2.95 bits per heavy atom. The first-order valence-corrected chi connectivity index (χ1v) is 7.77. The van der Waals surface area contributed by atoms with Crippen LogP contribution in [0.1, 0.15) is 26.2 Å². The normalized spacial score (nSPS) is 25.6. The van der Waals surface area contributed by atoms with Crippen molar-refractivity contribution in [3.05, 3.63) is 24.3 Å². The number of para-hydroxylation sites is 1. The van der Waals surface area contributed by atoms with Gasteiger partial charge in [-0.2, -0.15) is 0 Å². The SMILES string of the molecule is CCNC1(C(=O)O)CCC(Sc2ccccc2OC)C1. The van der Waals surface area contributed by atoms with E-state index in [9.17, 15) is 9.90 Å². The molecule has 0 radical (unpaired) electrons. The highest BCUT2D eigenvalue weighted by Crippen LogP contribution is 2.42. The maximum Gasteiger partial charge on any atom is 0.323 e. The summed E-state index contributed by atoms with van der Waals surface area (Å²) < 4.78 is 5.35. The average Bonchev–Trinajstić information content (AvgIpc) is 2.84. The van der Waals surface area contributed by atoms with Crippen LogP contribution in [0.2, 0.25) is 0 Å². The van der Waals surface area contributed by atoms with E-state index in [-0.39, 0.29) is 0 Å². The predicted octanol–water partition coefficient (Wildman–Crippen LogP) is 2.77. The van der Waals surface area contributed by atoms with E-state index in [2.05, 4.69) is 5.32 Å². The topological polar surface area (TPSA) is 58.6 Å². The maximum atomic E-state index is 11.5. The number of carboxylic acid groups (broad SMARTS) is 1. The molecule has 0 amide bonds. The zero-order valence-electron chi connectivity index (χ0n) is 11.9. The second kappa shape index (κ2) is 6.50. The van der Waals surface area contributed by atoms with Crippen molar-refractivity contribution >= 4 is 17.7 Å². The van der Waals surface area contributed by atoms with Gasteiger partial charge in [0.25, 0.3) is 0 Å². The van der Waals surface area contributed by atoms with Gasteiger partial charge in [-0.1, -0.05) is 19.1 Å². The fourth-order valence-electron chi connectivity index (χ4n) is 2.77. The average molecular weight is 295 g/mol. The van der Waals surface area contributed by atoms with Crippen molar-refractivity contribution in [1.29, 1.82) is 0 Å². The lowest BCUT2D eigenvalue weighted by Gasteiger charge is -2.25. The lowest BCUT2D eigenvalue weighted by Crippen LogP contribution is -2.50. The Balaban J connectivity index is 2.07. The number of carbonyl (C=O) groups is 1. The molecule has 1 fully saturated rings. The van der Waals surface area contributed by atoms with Crippen molar-refractivity contribution in [1.82, 2.24) is 5.32 Å². The van der Waals surface area contributed by atoms with Gasteiger partial charge in [0, 0.05) is 10.1 Å². The first kappa shape index (κ1) is 15.2. The molecule has 5 heteroatoms. The van der Waals surface area contributed by atoms with Crippen LogP contribution in [-0.4, -0.2) is 35.5 Å². The minimum atomic E-state index is -0.756. The van der Waals surface area contributed by atoms with Crippen LogP contribution in [0.15, 0.2) is 29.2 Å². The van der Waals surface area contributed by atoms with Crippen LogP contribution in [-0.2, 0) is 4.79 Å². The van der Waals surface area contributed by atoms with Crippen molar-refractivity contribution in [2.75, 3.05) is 13.7 Å². The number of benzene rings is 1. The molecule has 0 saturated heterocycles. The third-order valence-corrected chi connectivity index (χ3v) is 5.08. The number of likely N-dealkylation sites (N-methyl/N-ethyl adjacent to an activating group) is 1. The Morgan fingerprint density at radius 1 is 1.55 bits per heavy atom. The Labute approximate surface area is 123 Å². The van der Waals surface area contributed by atoms with Gasteiger partial charge in [0.15, 0.2) is 0 Å². The molecule has 0 aliphatic heterocycles. The molecular formula is C15H21NO3S. The van der Waals surface area contributed by atoms with Crippen LogP contribution in [0.3, 0.4) is 0 Å². The van der Waals surface area contributed by atoms with Crippen molar-refractivity contribution in [2.45, 2.75) is 41.9 Å². The minimum absolute atomic E-state index is 0.307. The summed E-state index contributed by atoms with van der Waals surface area (Å²) in [5, 5.41) is 12.9. The zero-order chi connectivity index (χ0) is 14.6. The van der Waals surface area contributed by atoms with E-state index in [1.165, 1.54) is 0 Å². The first-order chi connectivity index (χ1) is 9.61. The van der Waals surface area contributed by atoms with E-state index in [0.717, 1.165) is 17.1 Å². The molecule has 0 bridgehead atoms. The van der Waals surface area contributed by atoms with Crippen LogP contribution >= 0.6 is 11.8 Å². The van der Waals surface area contributed by atoms with Crippen LogP contribution in [0.5, 0.6) is 5.75 Å². The summed E-state index contributed by atoms with van der Waals surface area (Å²) in [4.78, 5) is 12.6. The predicted molar refractivity (Wildman–Crippen MR) is 80.5 cm³/mol. The van der Waals surface area contributed by atoms with Crippen LogP contribution in [0.25, 0.3) is 0 Å². The van der Waals surface area contributed by atoms with Gasteiger partial charge < -0.3 is 15.2 Å². The Hall–Kier alpha value is -1.20. The van der Waals surface area contributed by atoms with Gasteiger partial charge in [0.2, 0.25) is 0 Å². The van der Waals surface area contributed by atoms with Gasteiger partial charge >= 0.3 is 5.97 Å². The van der Waals surface area contributed by atoms with E-state index in [1.807, 2.05) is 31.2 Å². The third-order valence-electron chi connectivity index (χ3n) is 3.76. The molecule has 0 spiro atoms. The largest absolute Gasteiger partial charge is 0.496 e. The van der Waals surface area contributed by atoms with Crippen molar-refractivity contribution in [3.8, 4) is 5.75 Å². The Bertz CT molecular complexity index is 480. The molecule has 1 saturated carbocycles. The molecular weight excluding hydrogens is 274 g/mol. The summed E-state index contributed by atoms with van der Waals surface area (Å²) >= 11 is 1.72. The Morgan fingerprint density at radius 2 is 2.30 bits per heavy atom. The quantitative estimate of drug-likeness (QED) is 0.845. The summed E-state index contributed by atoms with van der Waals surface area (Å²) in [6.45, 7) is 2.63. The van der Waals surface area contributed by atoms with Crippen molar-refractivity contribution in [2.24, 2.45) is 0 Å². The lowest BCUT2D eigenvalue weighted by atomic mass is 9.98. The number of carboxylic acids is 1. The summed E-state index contributed by atoms with van der Waals surface area (Å²) in [6.07, 6.45) is 2.24. The molecule has 1 aromatic rings. The highest BCUT2D eigenvalue weighted by atomic mass is 32.2. The molecule has 1 aromatic carbocycles. The highest BCUT2D eigenvalue weighted by molar-refractivity contribution is 8.00. The van der Waals surface area contributed by atoms with Gasteiger partial charge in [0.05, 0.1) is 7.11 Å². The summed E-state index contributed by atoms with van der Waals surface area (Å²) in [7, 11) is 1.66. The zero-order valence-corrected chi connectivity index (χ0v) is 12.7. The number of hydrogen-bond acceptors (Lipinski definition) is 4. The maximum absolute atomic E-state index is 11.5. The van der Waals surface area contributed by atoms with Gasteiger partial charge in [-0.15, -0.1) is 11.8 Å². The number of nitrogens with one attached hydrogen (secondary N) is 1.